The van der Waals surface area contributed by atoms with Crippen LogP contribution < -0.4 is 0 Å². The van der Waals surface area contributed by atoms with Crippen LogP contribution in [-0.2, 0) is 9.59 Å². The van der Waals surface area contributed by atoms with Crippen molar-refractivity contribution < 1.29 is 14.7 Å². The summed E-state index contributed by atoms with van der Waals surface area (Å²) in [5.41, 5.74) is -0.460. The first-order valence-corrected chi connectivity index (χ1v) is 6.65. The van der Waals surface area contributed by atoms with E-state index >= 15 is 0 Å². The number of rotatable bonds is 3. The zero-order chi connectivity index (χ0) is 12.1. The van der Waals surface area contributed by atoms with E-state index in [1.807, 2.05) is 6.92 Å². The third-order valence-electron chi connectivity index (χ3n) is 5.04. The molecule has 0 spiro atoms. The van der Waals surface area contributed by atoms with Gasteiger partial charge in [0, 0.05) is 11.8 Å². The zero-order valence-corrected chi connectivity index (χ0v) is 11.2. The Morgan fingerprint density at radius 3 is 2.62 bits per heavy atom. The maximum absolute atomic E-state index is 12.2. The van der Waals surface area contributed by atoms with Crippen molar-refractivity contribution in [3.63, 3.8) is 0 Å². The second kappa shape index (κ2) is 3.56. The molecule has 0 aromatic heterocycles. The van der Waals surface area contributed by atoms with E-state index in [0.29, 0.717) is 12.3 Å². The number of carbonyl (C=O) groups is 2. The van der Waals surface area contributed by atoms with Crippen LogP contribution >= 0.6 is 15.9 Å². The molecule has 0 unspecified atom stereocenters. The maximum atomic E-state index is 12.2. The molecule has 2 fully saturated rings. The summed E-state index contributed by atoms with van der Waals surface area (Å²) < 4.78 is 0. The lowest BCUT2D eigenvalue weighted by Crippen LogP contribution is -2.35. The summed E-state index contributed by atoms with van der Waals surface area (Å²) in [6, 6.07) is 0. The van der Waals surface area contributed by atoms with Crippen molar-refractivity contribution in [3.05, 3.63) is 0 Å². The van der Waals surface area contributed by atoms with E-state index < -0.39 is 5.97 Å². The van der Waals surface area contributed by atoms with Crippen molar-refractivity contribution in [2.75, 3.05) is 0 Å². The van der Waals surface area contributed by atoms with Gasteiger partial charge in [0.05, 0.1) is 4.83 Å². The van der Waals surface area contributed by atoms with Crippen LogP contribution in [-0.4, -0.2) is 21.7 Å². The van der Waals surface area contributed by atoms with E-state index in [2.05, 4.69) is 22.9 Å². The van der Waals surface area contributed by atoms with Gasteiger partial charge in [-0.05, 0) is 30.6 Å². The van der Waals surface area contributed by atoms with Gasteiger partial charge >= 0.3 is 5.97 Å². The van der Waals surface area contributed by atoms with Crippen LogP contribution in [0.3, 0.4) is 0 Å². The number of halogens is 1. The van der Waals surface area contributed by atoms with Gasteiger partial charge in [-0.2, -0.15) is 0 Å². The number of ketones is 1. The van der Waals surface area contributed by atoms with Crippen molar-refractivity contribution in [3.8, 4) is 0 Å². The summed E-state index contributed by atoms with van der Waals surface area (Å²) in [7, 11) is 0. The topological polar surface area (TPSA) is 54.4 Å². The molecule has 0 heterocycles. The minimum absolute atomic E-state index is 0.0648. The van der Waals surface area contributed by atoms with Gasteiger partial charge in [0.25, 0.3) is 0 Å². The van der Waals surface area contributed by atoms with Crippen molar-refractivity contribution in [2.45, 2.75) is 44.4 Å². The predicted molar refractivity (Wildman–Crippen MR) is 63.5 cm³/mol. The molecule has 2 aliphatic carbocycles. The summed E-state index contributed by atoms with van der Waals surface area (Å²) in [6.07, 6.45) is 2.72. The average Bonchev–Trinajstić information content (AvgIpc) is 2.54. The first kappa shape index (κ1) is 12.1. The highest BCUT2D eigenvalue weighted by atomic mass is 79.9. The van der Waals surface area contributed by atoms with E-state index in [1.54, 1.807) is 0 Å². The largest absolute Gasteiger partial charge is 0.481 e. The third-order valence-corrected chi connectivity index (χ3v) is 6.09. The van der Waals surface area contributed by atoms with Crippen molar-refractivity contribution >= 4 is 27.7 Å². The zero-order valence-electron chi connectivity index (χ0n) is 9.62. The summed E-state index contributed by atoms with van der Waals surface area (Å²) >= 11 is 3.48. The molecule has 16 heavy (non-hydrogen) atoms. The molecule has 0 aromatic carbocycles. The SMILES string of the molecule is C[C@@]12CC[C@@H]([C@@H](Br)C1=O)[C@@]2(C)CCC(=O)O. The van der Waals surface area contributed by atoms with Crippen LogP contribution in [0.5, 0.6) is 0 Å². The molecule has 0 aromatic rings. The number of fused-ring (bicyclic) bond motifs is 2. The Bertz CT molecular complexity index is 354. The Kier molecular flexibility index (Phi) is 2.69. The van der Waals surface area contributed by atoms with Gasteiger partial charge in [-0.1, -0.05) is 29.8 Å². The molecular formula is C12H17BrO3. The number of alkyl halides is 1. The number of carboxylic acids is 1. The monoisotopic (exact) mass is 288 g/mol. The second-order valence-electron chi connectivity index (χ2n) is 5.55. The standard InChI is InChI=1S/C12H17BrO3/c1-11(6-4-8(14)15)7-3-5-12(11,2)10(16)9(7)13/h7,9H,3-6H2,1-2H3,(H,14,15)/t7-,9+,11+,12+/m0/s1. The molecule has 2 rings (SSSR count). The highest BCUT2D eigenvalue weighted by Gasteiger charge is 2.67. The number of Topliss-reactive ketones (excluding diaryl/α,β-unsaturated/α-hetero) is 1. The fourth-order valence-electron chi connectivity index (χ4n) is 3.65. The van der Waals surface area contributed by atoms with Gasteiger partial charge in [0.2, 0.25) is 0 Å². The molecule has 1 N–H and O–H groups in total. The Balaban J connectivity index is 2.28. The van der Waals surface area contributed by atoms with Gasteiger partial charge < -0.3 is 5.11 Å². The minimum Gasteiger partial charge on any atom is -0.481 e. The van der Waals surface area contributed by atoms with Gasteiger partial charge in [-0.25, -0.2) is 0 Å². The molecule has 4 atom stereocenters. The quantitative estimate of drug-likeness (QED) is 0.813. The molecule has 90 valence electrons. The fourth-order valence-corrected chi connectivity index (χ4v) is 5.00. The third kappa shape index (κ3) is 1.31. The van der Waals surface area contributed by atoms with E-state index in [4.69, 9.17) is 5.11 Å². The lowest BCUT2D eigenvalue weighted by atomic mass is 9.66. The fraction of sp³-hybridized carbons (Fsp3) is 0.833. The molecule has 3 nitrogen and oxygen atoms in total. The van der Waals surface area contributed by atoms with Crippen LogP contribution in [0.4, 0.5) is 0 Å². The molecule has 0 amide bonds. The minimum atomic E-state index is -0.769. The van der Waals surface area contributed by atoms with Gasteiger partial charge in [-0.3, -0.25) is 9.59 Å². The Morgan fingerprint density at radius 2 is 2.19 bits per heavy atom. The van der Waals surface area contributed by atoms with Crippen LogP contribution in [0.2, 0.25) is 0 Å². The molecule has 2 saturated carbocycles. The number of carbonyl (C=O) groups excluding carboxylic acids is 1. The average molecular weight is 289 g/mol. The summed E-state index contributed by atoms with van der Waals surface area (Å²) in [5, 5.41) is 8.80. The second-order valence-corrected chi connectivity index (χ2v) is 6.54. The molecule has 0 saturated heterocycles. The van der Waals surface area contributed by atoms with Crippen LogP contribution in [0.25, 0.3) is 0 Å². The van der Waals surface area contributed by atoms with Gasteiger partial charge in [-0.15, -0.1) is 0 Å². The lowest BCUT2D eigenvalue weighted by molar-refractivity contribution is -0.139. The van der Waals surface area contributed by atoms with E-state index in [-0.39, 0.29) is 27.9 Å². The van der Waals surface area contributed by atoms with Crippen molar-refractivity contribution in [1.82, 2.24) is 0 Å². The first-order valence-electron chi connectivity index (χ1n) is 5.73. The number of hydrogen-bond donors (Lipinski definition) is 1. The van der Waals surface area contributed by atoms with E-state index in [1.165, 1.54) is 0 Å². The van der Waals surface area contributed by atoms with Crippen LogP contribution in [0.1, 0.15) is 39.5 Å². The maximum Gasteiger partial charge on any atom is 0.303 e. The summed E-state index contributed by atoms with van der Waals surface area (Å²) in [4.78, 5) is 22.8. The predicted octanol–water partition coefficient (Wildman–Crippen LogP) is 2.62. The highest BCUT2D eigenvalue weighted by Crippen LogP contribution is 2.67. The Labute approximate surface area is 104 Å². The summed E-state index contributed by atoms with van der Waals surface area (Å²) in [6.45, 7) is 4.10. The Morgan fingerprint density at radius 1 is 1.56 bits per heavy atom. The lowest BCUT2D eigenvalue weighted by Gasteiger charge is -2.36. The molecule has 4 heteroatoms. The van der Waals surface area contributed by atoms with E-state index in [0.717, 1.165) is 12.8 Å². The van der Waals surface area contributed by atoms with Crippen LogP contribution in [0, 0.1) is 16.7 Å². The number of carboxylic acid groups (broad SMARTS) is 1. The van der Waals surface area contributed by atoms with Gasteiger partial charge in [0.1, 0.15) is 0 Å². The Hall–Kier alpha value is -0.380. The molecule has 2 aliphatic rings. The molecule has 0 aliphatic heterocycles. The van der Waals surface area contributed by atoms with Crippen LogP contribution in [0.15, 0.2) is 0 Å². The number of hydrogen-bond acceptors (Lipinski definition) is 2. The van der Waals surface area contributed by atoms with Crippen molar-refractivity contribution in [1.29, 1.82) is 0 Å². The smallest absolute Gasteiger partial charge is 0.303 e. The normalized spacial score (nSPS) is 46.3. The molecule has 2 bridgehead atoms. The van der Waals surface area contributed by atoms with Crippen molar-refractivity contribution in [2.24, 2.45) is 16.7 Å². The molecule has 0 radical (unpaired) electrons. The number of aliphatic carboxylic acids is 1. The van der Waals surface area contributed by atoms with Gasteiger partial charge in [0.15, 0.2) is 5.78 Å². The first-order chi connectivity index (χ1) is 7.33. The highest BCUT2D eigenvalue weighted by molar-refractivity contribution is 9.10. The summed E-state index contributed by atoms with van der Waals surface area (Å²) in [5.74, 6) is -0.185. The molecular weight excluding hydrogens is 272 g/mol. The van der Waals surface area contributed by atoms with E-state index in [9.17, 15) is 9.59 Å².